The quantitative estimate of drug-likeness (QED) is 0.815. The molecule has 5 heteroatoms. The van der Waals surface area contributed by atoms with Gasteiger partial charge in [0.1, 0.15) is 6.61 Å². The molecule has 1 aliphatic rings. The smallest absolute Gasteiger partial charge is 0.428 e. The number of cyclic esters (lactones) is 1. The van der Waals surface area contributed by atoms with Crippen LogP contribution in [0.15, 0.2) is 37.4 Å². The van der Waals surface area contributed by atoms with Gasteiger partial charge in [0.25, 0.3) is 0 Å². The van der Waals surface area contributed by atoms with Gasteiger partial charge in [0, 0.05) is 5.02 Å². The highest BCUT2D eigenvalue weighted by Crippen LogP contribution is 2.30. The number of rotatable bonds is 6. The van der Waals surface area contributed by atoms with Crippen LogP contribution in [0.4, 0.5) is 10.5 Å². The Kier molecular flexibility index (Phi) is 4.69. The van der Waals surface area contributed by atoms with Crippen molar-refractivity contribution < 1.29 is 9.53 Å². The molecule has 0 unspecified atom stereocenters. The lowest BCUT2D eigenvalue weighted by atomic mass is 10.0. The molecular formula is C15H17ClN2O2. The van der Waals surface area contributed by atoms with Crippen LogP contribution < -0.4 is 5.43 Å². The van der Waals surface area contributed by atoms with Gasteiger partial charge in [-0.3, -0.25) is 5.43 Å². The van der Waals surface area contributed by atoms with Crippen LogP contribution in [0.3, 0.4) is 0 Å². The molecule has 0 spiro atoms. The number of hydrogen-bond acceptors (Lipinski definition) is 3. The van der Waals surface area contributed by atoms with Gasteiger partial charge in [0.05, 0.1) is 12.2 Å². The molecule has 1 fully saturated rings. The fourth-order valence-electron chi connectivity index (χ4n) is 2.11. The van der Waals surface area contributed by atoms with Crippen LogP contribution in [0.5, 0.6) is 0 Å². The summed E-state index contributed by atoms with van der Waals surface area (Å²) in [6, 6.07) is 3.78. The van der Waals surface area contributed by atoms with E-state index in [0.29, 0.717) is 31.0 Å². The molecule has 20 heavy (non-hydrogen) atoms. The van der Waals surface area contributed by atoms with Gasteiger partial charge in [0.15, 0.2) is 0 Å². The Morgan fingerprint density at radius 1 is 1.35 bits per heavy atom. The average molecular weight is 293 g/mol. The number of hydrazine groups is 1. The maximum absolute atomic E-state index is 11.6. The van der Waals surface area contributed by atoms with Gasteiger partial charge in [-0.05, 0) is 30.0 Å². The van der Waals surface area contributed by atoms with Crippen LogP contribution in [-0.2, 0) is 17.6 Å². The minimum Gasteiger partial charge on any atom is -0.446 e. The molecular weight excluding hydrogens is 276 g/mol. The molecule has 1 amide bonds. The SMILES string of the molecule is C=CCc1ccc(Cl)c(CC=C)c1NN1CCOC1=O. The van der Waals surface area contributed by atoms with Crippen molar-refractivity contribution in [2.45, 2.75) is 12.8 Å². The Morgan fingerprint density at radius 2 is 2.10 bits per heavy atom. The summed E-state index contributed by atoms with van der Waals surface area (Å²) in [6.45, 7) is 8.40. The maximum atomic E-state index is 11.6. The highest BCUT2D eigenvalue weighted by molar-refractivity contribution is 6.31. The van der Waals surface area contributed by atoms with E-state index in [2.05, 4.69) is 18.6 Å². The summed E-state index contributed by atoms with van der Waals surface area (Å²) < 4.78 is 4.92. The van der Waals surface area contributed by atoms with E-state index in [1.165, 1.54) is 5.01 Å². The number of carbonyl (C=O) groups is 1. The van der Waals surface area contributed by atoms with E-state index in [4.69, 9.17) is 16.3 Å². The van der Waals surface area contributed by atoms with Crippen molar-refractivity contribution in [2.75, 3.05) is 18.6 Å². The van der Waals surface area contributed by atoms with E-state index < -0.39 is 0 Å². The molecule has 1 saturated heterocycles. The summed E-state index contributed by atoms with van der Waals surface area (Å²) in [5.41, 5.74) is 5.89. The maximum Gasteiger partial charge on any atom is 0.428 e. The minimum absolute atomic E-state index is 0.376. The van der Waals surface area contributed by atoms with Crippen LogP contribution in [0.1, 0.15) is 11.1 Å². The number of allylic oxidation sites excluding steroid dienone is 2. The fraction of sp³-hybridized carbons (Fsp3) is 0.267. The highest BCUT2D eigenvalue weighted by atomic mass is 35.5. The predicted molar refractivity (Wildman–Crippen MR) is 80.9 cm³/mol. The van der Waals surface area contributed by atoms with E-state index in [1.807, 2.05) is 18.2 Å². The van der Waals surface area contributed by atoms with Crippen LogP contribution in [0, 0.1) is 0 Å². The molecule has 1 aromatic rings. The lowest BCUT2D eigenvalue weighted by Gasteiger charge is -2.21. The van der Waals surface area contributed by atoms with E-state index in [1.54, 1.807) is 6.08 Å². The first-order valence-electron chi connectivity index (χ1n) is 6.40. The van der Waals surface area contributed by atoms with Crippen molar-refractivity contribution >= 4 is 23.4 Å². The van der Waals surface area contributed by atoms with Gasteiger partial charge in [-0.15, -0.1) is 13.2 Å². The van der Waals surface area contributed by atoms with E-state index in [0.717, 1.165) is 16.8 Å². The second-order valence-corrected chi connectivity index (χ2v) is 4.83. The van der Waals surface area contributed by atoms with Gasteiger partial charge < -0.3 is 4.74 Å². The number of amides is 1. The standard InChI is InChI=1S/C15H17ClN2O2/c1-3-5-11-7-8-13(16)12(6-4-2)14(11)17-18-9-10-20-15(18)19/h3-4,7-8,17H,1-2,5-6,9-10H2. The second kappa shape index (κ2) is 6.48. The third kappa shape index (κ3) is 2.96. The molecule has 1 aliphatic heterocycles. The normalized spacial score (nSPS) is 14.1. The van der Waals surface area contributed by atoms with Crippen LogP contribution >= 0.6 is 11.6 Å². The van der Waals surface area contributed by atoms with Crippen molar-refractivity contribution in [3.8, 4) is 0 Å². The van der Waals surface area contributed by atoms with Gasteiger partial charge in [-0.2, -0.15) is 0 Å². The molecule has 1 N–H and O–H groups in total. The topological polar surface area (TPSA) is 41.6 Å². The van der Waals surface area contributed by atoms with E-state index >= 15 is 0 Å². The largest absolute Gasteiger partial charge is 0.446 e. The Hall–Kier alpha value is -1.94. The first kappa shape index (κ1) is 14.5. The molecule has 1 heterocycles. The number of benzene rings is 1. The lowest BCUT2D eigenvalue weighted by Crippen LogP contribution is -2.31. The Labute approximate surface area is 123 Å². The molecule has 2 rings (SSSR count). The summed E-state index contributed by atoms with van der Waals surface area (Å²) in [5.74, 6) is 0. The summed E-state index contributed by atoms with van der Waals surface area (Å²) in [4.78, 5) is 11.6. The minimum atomic E-state index is -0.376. The highest BCUT2D eigenvalue weighted by Gasteiger charge is 2.24. The number of carbonyl (C=O) groups excluding carboxylic acids is 1. The molecule has 4 nitrogen and oxygen atoms in total. The van der Waals surface area contributed by atoms with Gasteiger partial charge >= 0.3 is 6.09 Å². The fourth-order valence-corrected chi connectivity index (χ4v) is 2.34. The monoisotopic (exact) mass is 292 g/mol. The molecule has 0 aromatic heterocycles. The third-order valence-electron chi connectivity index (χ3n) is 3.06. The van der Waals surface area contributed by atoms with Crippen molar-refractivity contribution in [1.82, 2.24) is 5.01 Å². The lowest BCUT2D eigenvalue weighted by molar-refractivity contribution is 0.163. The van der Waals surface area contributed by atoms with Crippen molar-refractivity contribution in [2.24, 2.45) is 0 Å². The molecule has 0 radical (unpaired) electrons. The Balaban J connectivity index is 2.39. The summed E-state index contributed by atoms with van der Waals surface area (Å²) in [5, 5.41) is 2.10. The first-order valence-corrected chi connectivity index (χ1v) is 6.78. The summed E-state index contributed by atoms with van der Waals surface area (Å²) >= 11 is 6.25. The third-order valence-corrected chi connectivity index (χ3v) is 3.42. The van der Waals surface area contributed by atoms with Crippen LogP contribution in [0.25, 0.3) is 0 Å². The zero-order valence-electron chi connectivity index (χ0n) is 11.2. The van der Waals surface area contributed by atoms with E-state index in [9.17, 15) is 4.79 Å². The van der Waals surface area contributed by atoms with Crippen molar-refractivity contribution in [3.63, 3.8) is 0 Å². The number of anilines is 1. The summed E-state index contributed by atoms with van der Waals surface area (Å²) in [6.07, 6.45) is 4.53. The van der Waals surface area contributed by atoms with Crippen molar-refractivity contribution in [3.05, 3.63) is 53.6 Å². The van der Waals surface area contributed by atoms with Gasteiger partial charge in [0.2, 0.25) is 0 Å². The van der Waals surface area contributed by atoms with Crippen molar-refractivity contribution in [1.29, 1.82) is 0 Å². The van der Waals surface area contributed by atoms with Gasteiger partial charge in [-0.25, -0.2) is 9.80 Å². The zero-order valence-corrected chi connectivity index (χ0v) is 11.9. The predicted octanol–water partition coefficient (Wildman–Crippen LogP) is 3.58. The first-order chi connectivity index (χ1) is 9.67. The number of nitrogens with zero attached hydrogens (tertiary/aromatic N) is 1. The summed E-state index contributed by atoms with van der Waals surface area (Å²) in [7, 11) is 0. The van der Waals surface area contributed by atoms with Crippen LogP contribution in [-0.4, -0.2) is 24.3 Å². The Morgan fingerprint density at radius 3 is 2.70 bits per heavy atom. The number of nitrogens with one attached hydrogen (secondary N) is 1. The average Bonchev–Trinajstić information content (AvgIpc) is 2.83. The van der Waals surface area contributed by atoms with E-state index in [-0.39, 0.29) is 6.09 Å². The van der Waals surface area contributed by atoms with Crippen LogP contribution in [0.2, 0.25) is 5.02 Å². The second-order valence-electron chi connectivity index (χ2n) is 4.42. The Bertz CT molecular complexity index is 543. The molecule has 106 valence electrons. The number of halogens is 1. The number of hydrogen-bond donors (Lipinski definition) is 1. The number of ether oxygens (including phenoxy) is 1. The molecule has 1 aromatic carbocycles. The molecule has 0 bridgehead atoms. The molecule has 0 aliphatic carbocycles. The molecule has 0 saturated carbocycles. The van der Waals surface area contributed by atoms with Gasteiger partial charge in [-0.1, -0.05) is 29.8 Å². The zero-order chi connectivity index (χ0) is 14.5. The molecule has 0 atom stereocenters.